The van der Waals surface area contributed by atoms with E-state index in [9.17, 15) is 4.57 Å². The van der Waals surface area contributed by atoms with Crippen LogP contribution in [0.3, 0.4) is 0 Å². The quantitative estimate of drug-likeness (QED) is 0.569. The Morgan fingerprint density at radius 1 is 1.36 bits per heavy atom. The minimum Gasteiger partial charge on any atom is -0.296 e. The standard InChI is InChI=1S/C6H14NO3P/c1-6-4-9-11(8,7(2)3)10-5-6/h6H,4-5H2,1-3H3. The highest BCUT2D eigenvalue weighted by atomic mass is 31.2. The maximum atomic E-state index is 11.6. The van der Waals surface area contributed by atoms with E-state index in [1.54, 1.807) is 14.1 Å². The Morgan fingerprint density at radius 2 is 1.82 bits per heavy atom. The molecule has 1 aliphatic heterocycles. The van der Waals surface area contributed by atoms with Gasteiger partial charge in [-0.2, -0.15) is 0 Å². The summed E-state index contributed by atoms with van der Waals surface area (Å²) in [6, 6.07) is 0. The van der Waals surface area contributed by atoms with E-state index in [1.807, 2.05) is 6.92 Å². The van der Waals surface area contributed by atoms with Gasteiger partial charge in [0.15, 0.2) is 0 Å². The smallest absolute Gasteiger partial charge is 0.296 e. The molecule has 1 rings (SSSR count). The van der Waals surface area contributed by atoms with Crippen molar-refractivity contribution in [2.45, 2.75) is 6.92 Å². The van der Waals surface area contributed by atoms with Crippen molar-refractivity contribution in [2.75, 3.05) is 27.3 Å². The summed E-state index contributed by atoms with van der Waals surface area (Å²) in [4.78, 5) is 0. The average molecular weight is 179 g/mol. The van der Waals surface area contributed by atoms with E-state index in [2.05, 4.69) is 0 Å². The summed E-state index contributed by atoms with van der Waals surface area (Å²) in [5, 5.41) is 0. The first-order chi connectivity index (χ1) is 5.04. The Labute approximate surface area is 67.1 Å². The van der Waals surface area contributed by atoms with Gasteiger partial charge in [0, 0.05) is 5.92 Å². The molecule has 0 saturated carbocycles. The number of hydrogen-bond acceptors (Lipinski definition) is 3. The SMILES string of the molecule is CC1COP(=O)(N(C)C)OC1. The van der Waals surface area contributed by atoms with Gasteiger partial charge >= 0.3 is 7.75 Å². The van der Waals surface area contributed by atoms with Gasteiger partial charge < -0.3 is 0 Å². The van der Waals surface area contributed by atoms with Crippen molar-refractivity contribution in [1.82, 2.24) is 4.67 Å². The molecule has 0 spiro atoms. The van der Waals surface area contributed by atoms with Gasteiger partial charge in [-0.15, -0.1) is 0 Å². The second kappa shape index (κ2) is 3.23. The van der Waals surface area contributed by atoms with Crippen LogP contribution >= 0.6 is 7.75 Å². The average Bonchev–Trinajstić information content (AvgIpc) is 1.95. The predicted molar refractivity (Wildman–Crippen MR) is 42.4 cm³/mol. The molecule has 1 heterocycles. The van der Waals surface area contributed by atoms with Gasteiger partial charge in [-0.05, 0) is 14.1 Å². The summed E-state index contributed by atoms with van der Waals surface area (Å²) in [6.07, 6.45) is 0. The van der Waals surface area contributed by atoms with Crippen molar-refractivity contribution in [3.05, 3.63) is 0 Å². The van der Waals surface area contributed by atoms with Gasteiger partial charge in [0.05, 0.1) is 13.2 Å². The fraction of sp³-hybridized carbons (Fsp3) is 1.00. The molecule has 0 aromatic heterocycles. The second-order valence-corrected chi connectivity index (χ2v) is 5.27. The first-order valence-electron chi connectivity index (χ1n) is 3.61. The minimum atomic E-state index is -2.89. The minimum absolute atomic E-state index is 0.344. The summed E-state index contributed by atoms with van der Waals surface area (Å²) in [5.74, 6) is 0.344. The third-order valence-electron chi connectivity index (χ3n) is 1.53. The maximum Gasteiger partial charge on any atom is 0.407 e. The van der Waals surface area contributed by atoms with Crippen LogP contribution in [0.1, 0.15) is 6.92 Å². The van der Waals surface area contributed by atoms with Crippen LogP contribution in [0.4, 0.5) is 0 Å². The van der Waals surface area contributed by atoms with Crippen LogP contribution in [-0.4, -0.2) is 32.0 Å². The number of nitrogens with zero attached hydrogens (tertiary/aromatic N) is 1. The molecule has 0 aromatic carbocycles. The molecule has 0 unspecified atom stereocenters. The molecule has 1 saturated heterocycles. The molecule has 0 atom stereocenters. The Hall–Kier alpha value is 0.110. The lowest BCUT2D eigenvalue weighted by atomic mass is 10.2. The molecule has 4 nitrogen and oxygen atoms in total. The van der Waals surface area contributed by atoms with Crippen LogP contribution in [0.5, 0.6) is 0 Å². The second-order valence-electron chi connectivity index (χ2n) is 3.01. The van der Waals surface area contributed by atoms with Crippen LogP contribution < -0.4 is 0 Å². The Balaban J connectivity index is 2.56. The molecule has 5 heteroatoms. The first kappa shape index (κ1) is 9.20. The molecule has 0 bridgehead atoms. The molecular weight excluding hydrogens is 165 g/mol. The summed E-state index contributed by atoms with van der Waals surface area (Å²) < 4.78 is 23.3. The summed E-state index contributed by atoms with van der Waals surface area (Å²) in [7, 11) is 0.493. The fourth-order valence-electron chi connectivity index (χ4n) is 0.759. The molecule has 0 aromatic rings. The molecule has 0 aliphatic carbocycles. The van der Waals surface area contributed by atoms with E-state index >= 15 is 0 Å². The van der Waals surface area contributed by atoms with Crippen LogP contribution in [0, 0.1) is 5.92 Å². The zero-order valence-corrected chi connectivity index (χ0v) is 8.01. The zero-order chi connectivity index (χ0) is 8.48. The zero-order valence-electron chi connectivity index (χ0n) is 7.11. The van der Waals surface area contributed by atoms with Crippen molar-refractivity contribution < 1.29 is 13.6 Å². The van der Waals surface area contributed by atoms with Gasteiger partial charge in [0.1, 0.15) is 0 Å². The number of hydrogen-bond donors (Lipinski definition) is 0. The molecule has 0 radical (unpaired) electrons. The number of rotatable bonds is 1. The molecule has 11 heavy (non-hydrogen) atoms. The van der Waals surface area contributed by atoms with E-state index in [4.69, 9.17) is 9.05 Å². The highest BCUT2D eigenvalue weighted by molar-refractivity contribution is 7.51. The maximum absolute atomic E-state index is 11.6. The van der Waals surface area contributed by atoms with Crippen LogP contribution in [0.25, 0.3) is 0 Å². The summed E-state index contributed by atoms with van der Waals surface area (Å²) >= 11 is 0. The monoisotopic (exact) mass is 179 g/mol. The summed E-state index contributed by atoms with van der Waals surface area (Å²) in [6.45, 7) is 3.05. The van der Waals surface area contributed by atoms with E-state index < -0.39 is 7.75 Å². The van der Waals surface area contributed by atoms with Crippen molar-refractivity contribution >= 4 is 7.75 Å². The molecule has 0 N–H and O–H groups in total. The van der Waals surface area contributed by atoms with Crippen molar-refractivity contribution in [3.8, 4) is 0 Å². The van der Waals surface area contributed by atoms with Gasteiger partial charge in [-0.25, -0.2) is 9.24 Å². The summed E-state index contributed by atoms with van der Waals surface area (Å²) in [5.41, 5.74) is 0. The highest BCUT2D eigenvalue weighted by Gasteiger charge is 2.33. The van der Waals surface area contributed by atoms with Crippen LogP contribution in [0.15, 0.2) is 0 Å². The fourth-order valence-corrected chi connectivity index (χ4v) is 2.18. The Morgan fingerprint density at radius 3 is 2.18 bits per heavy atom. The Bertz CT molecular complexity index is 171. The lowest BCUT2D eigenvalue weighted by Gasteiger charge is -2.30. The molecule has 0 amide bonds. The van der Waals surface area contributed by atoms with E-state index in [-0.39, 0.29) is 0 Å². The van der Waals surface area contributed by atoms with E-state index in [0.29, 0.717) is 19.1 Å². The lowest BCUT2D eigenvalue weighted by Crippen LogP contribution is -2.24. The molecule has 1 fully saturated rings. The normalized spacial score (nSPS) is 39.5. The third-order valence-corrected chi connectivity index (χ3v) is 3.46. The Kier molecular flexibility index (Phi) is 2.70. The predicted octanol–water partition coefficient (Wildman–Crippen LogP) is 1.34. The topological polar surface area (TPSA) is 38.8 Å². The van der Waals surface area contributed by atoms with E-state index in [0.717, 1.165) is 0 Å². The molecular formula is C6H14NO3P. The van der Waals surface area contributed by atoms with Crippen molar-refractivity contribution in [3.63, 3.8) is 0 Å². The van der Waals surface area contributed by atoms with Crippen molar-refractivity contribution in [2.24, 2.45) is 5.92 Å². The first-order valence-corrected chi connectivity index (χ1v) is 5.11. The van der Waals surface area contributed by atoms with E-state index in [1.165, 1.54) is 4.67 Å². The van der Waals surface area contributed by atoms with Crippen molar-refractivity contribution in [1.29, 1.82) is 0 Å². The van der Waals surface area contributed by atoms with Crippen LogP contribution in [0.2, 0.25) is 0 Å². The van der Waals surface area contributed by atoms with Gasteiger partial charge in [-0.1, -0.05) is 6.92 Å². The highest BCUT2D eigenvalue weighted by Crippen LogP contribution is 2.52. The molecule has 66 valence electrons. The molecule has 1 aliphatic rings. The van der Waals surface area contributed by atoms with Crippen LogP contribution in [-0.2, 0) is 13.6 Å². The largest absolute Gasteiger partial charge is 0.407 e. The lowest BCUT2D eigenvalue weighted by molar-refractivity contribution is 0.0803. The van der Waals surface area contributed by atoms with Gasteiger partial charge in [-0.3, -0.25) is 9.05 Å². The van der Waals surface area contributed by atoms with Gasteiger partial charge in [0.2, 0.25) is 0 Å². The third kappa shape index (κ3) is 2.03. The van der Waals surface area contributed by atoms with Gasteiger partial charge in [0.25, 0.3) is 0 Å².